The molecule has 0 radical (unpaired) electrons. The molecule has 1 fully saturated rings. The van der Waals surface area contributed by atoms with Crippen molar-refractivity contribution in [3.8, 4) is 0 Å². The molecule has 1 saturated heterocycles. The number of likely N-dealkylation sites (tertiary alicyclic amines) is 1. The van der Waals surface area contributed by atoms with Gasteiger partial charge in [-0.2, -0.15) is 0 Å². The third kappa shape index (κ3) is 5.05. The molecular formula is C25H29ClN4O5. The third-order valence-corrected chi connectivity index (χ3v) is 6.75. The van der Waals surface area contributed by atoms with Crippen LogP contribution in [0.1, 0.15) is 31.4 Å². The van der Waals surface area contributed by atoms with E-state index in [1.54, 1.807) is 42.2 Å². The topological polar surface area (TPSA) is 99.3 Å². The smallest absolute Gasteiger partial charge is 0.322 e. The van der Waals surface area contributed by atoms with Gasteiger partial charge in [0, 0.05) is 24.7 Å². The lowest BCUT2D eigenvalue weighted by molar-refractivity contribution is -0.151. The first-order valence-electron chi connectivity index (χ1n) is 11.7. The van der Waals surface area contributed by atoms with Crippen LogP contribution in [-0.4, -0.2) is 77.8 Å². The number of carbonyl (C=O) groups excluding carboxylic acids is 4. The van der Waals surface area contributed by atoms with E-state index in [9.17, 15) is 19.2 Å². The number of piperidine rings is 1. The minimum Gasteiger partial charge on any atom is -0.466 e. The van der Waals surface area contributed by atoms with Crippen molar-refractivity contribution >= 4 is 35.4 Å². The third-order valence-electron chi connectivity index (χ3n) is 6.51. The van der Waals surface area contributed by atoms with Crippen LogP contribution in [0.5, 0.6) is 0 Å². The first-order valence-corrected chi connectivity index (χ1v) is 12.1. The molecule has 35 heavy (non-hydrogen) atoms. The summed E-state index contributed by atoms with van der Waals surface area (Å²) in [5, 5.41) is 3.38. The molecule has 0 aliphatic carbocycles. The maximum Gasteiger partial charge on any atom is 0.322 e. The van der Waals surface area contributed by atoms with Crippen LogP contribution in [0.2, 0.25) is 5.02 Å². The zero-order valence-corrected chi connectivity index (χ0v) is 20.4. The highest BCUT2D eigenvalue weighted by molar-refractivity contribution is 6.30. The van der Waals surface area contributed by atoms with E-state index < -0.39 is 6.04 Å². The van der Waals surface area contributed by atoms with Crippen molar-refractivity contribution in [2.24, 2.45) is 5.92 Å². The summed E-state index contributed by atoms with van der Waals surface area (Å²) in [7, 11) is 0. The van der Waals surface area contributed by atoms with Crippen LogP contribution >= 0.6 is 11.6 Å². The van der Waals surface area contributed by atoms with E-state index in [1.165, 1.54) is 9.80 Å². The van der Waals surface area contributed by atoms with Crippen molar-refractivity contribution in [1.82, 2.24) is 20.0 Å². The Morgan fingerprint density at radius 1 is 1.31 bits per heavy atom. The number of hydrogen-bond acceptors (Lipinski definition) is 5. The molecule has 10 heteroatoms. The number of halogens is 1. The van der Waals surface area contributed by atoms with Crippen LogP contribution in [0.25, 0.3) is 0 Å². The summed E-state index contributed by atoms with van der Waals surface area (Å²) < 4.78 is 5.12. The van der Waals surface area contributed by atoms with Gasteiger partial charge in [-0.1, -0.05) is 29.8 Å². The predicted octanol–water partition coefficient (Wildman–Crippen LogP) is 2.49. The fourth-order valence-electron chi connectivity index (χ4n) is 4.85. The second-order valence-corrected chi connectivity index (χ2v) is 9.23. The molecule has 0 unspecified atom stereocenters. The molecule has 186 valence electrons. The lowest BCUT2D eigenvalue weighted by atomic mass is 9.95. The molecule has 3 aliphatic rings. The fourth-order valence-corrected chi connectivity index (χ4v) is 5.05. The molecule has 9 nitrogen and oxygen atoms in total. The molecular weight excluding hydrogens is 472 g/mol. The zero-order chi connectivity index (χ0) is 25.1. The van der Waals surface area contributed by atoms with Crippen molar-refractivity contribution in [3.05, 3.63) is 58.8 Å². The van der Waals surface area contributed by atoms with Gasteiger partial charge in [0.05, 0.1) is 36.4 Å². The SMILES string of the molecule is C=CCN1C(=O)N[C@H](c2cccc(Cl)c2)C2=C1CN(CC(=O)N1CCC[C@@H](C(=O)OCC)C1)C2=O. The molecule has 1 N–H and O–H groups in total. The molecule has 2 atom stereocenters. The molecule has 4 amide bonds. The molecule has 3 heterocycles. The van der Waals surface area contributed by atoms with Crippen molar-refractivity contribution in [2.45, 2.75) is 25.8 Å². The van der Waals surface area contributed by atoms with Gasteiger partial charge in [0.1, 0.15) is 6.54 Å². The second kappa shape index (κ2) is 10.5. The minimum absolute atomic E-state index is 0.132. The summed E-state index contributed by atoms with van der Waals surface area (Å²) in [4.78, 5) is 56.3. The molecule has 0 aromatic heterocycles. The number of ether oxygens (including phenoxy) is 1. The monoisotopic (exact) mass is 500 g/mol. The Labute approximate surface area is 209 Å². The van der Waals surface area contributed by atoms with E-state index in [0.717, 1.165) is 0 Å². The van der Waals surface area contributed by atoms with Crippen molar-refractivity contribution in [1.29, 1.82) is 0 Å². The molecule has 4 rings (SSSR count). The van der Waals surface area contributed by atoms with E-state index in [2.05, 4.69) is 11.9 Å². The average molecular weight is 501 g/mol. The quantitative estimate of drug-likeness (QED) is 0.458. The Balaban J connectivity index is 1.54. The van der Waals surface area contributed by atoms with Gasteiger partial charge in [-0.25, -0.2) is 4.79 Å². The maximum atomic E-state index is 13.5. The van der Waals surface area contributed by atoms with Crippen molar-refractivity contribution in [3.63, 3.8) is 0 Å². The summed E-state index contributed by atoms with van der Waals surface area (Å²) in [6.45, 7) is 6.79. The second-order valence-electron chi connectivity index (χ2n) is 8.79. The van der Waals surface area contributed by atoms with Gasteiger partial charge < -0.3 is 19.9 Å². The highest BCUT2D eigenvalue weighted by atomic mass is 35.5. The molecule has 0 spiro atoms. The van der Waals surface area contributed by atoms with E-state index in [0.29, 0.717) is 47.8 Å². The number of nitrogens with one attached hydrogen (secondary N) is 1. The number of nitrogens with zero attached hydrogens (tertiary/aromatic N) is 3. The van der Waals surface area contributed by atoms with Crippen LogP contribution < -0.4 is 5.32 Å². The fraction of sp³-hybridized carbons (Fsp3) is 0.440. The number of hydrogen-bond donors (Lipinski definition) is 1. The van der Waals surface area contributed by atoms with E-state index in [-0.39, 0.29) is 55.9 Å². The summed E-state index contributed by atoms with van der Waals surface area (Å²) in [5.41, 5.74) is 1.66. The van der Waals surface area contributed by atoms with E-state index >= 15 is 0 Å². The zero-order valence-electron chi connectivity index (χ0n) is 19.7. The number of esters is 1. The van der Waals surface area contributed by atoms with Crippen LogP contribution in [-0.2, 0) is 19.1 Å². The van der Waals surface area contributed by atoms with E-state index in [1.807, 2.05) is 0 Å². The Hall–Kier alpha value is -3.33. The largest absolute Gasteiger partial charge is 0.466 e. The Kier molecular flexibility index (Phi) is 7.45. The number of carbonyl (C=O) groups is 4. The molecule has 1 aromatic carbocycles. The molecule has 0 bridgehead atoms. The van der Waals surface area contributed by atoms with Gasteiger partial charge in [0.15, 0.2) is 0 Å². The predicted molar refractivity (Wildman–Crippen MR) is 129 cm³/mol. The maximum absolute atomic E-state index is 13.5. The van der Waals surface area contributed by atoms with E-state index in [4.69, 9.17) is 16.3 Å². The number of rotatable bonds is 7. The highest BCUT2D eigenvalue weighted by Gasteiger charge is 2.44. The van der Waals surface area contributed by atoms with Gasteiger partial charge in [-0.3, -0.25) is 19.3 Å². The molecule has 0 saturated carbocycles. The highest BCUT2D eigenvalue weighted by Crippen LogP contribution is 2.37. The van der Waals surface area contributed by atoms with Gasteiger partial charge >= 0.3 is 12.0 Å². The average Bonchev–Trinajstić information content (AvgIpc) is 3.16. The van der Waals surface area contributed by atoms with Gasteiger partial charge in [0.25, 0.3) is 5.91 Å². The normalized spacial score (nSPS) is 22.2. The van der Waals surface area contributed by atoms with Crippen LogP contribution in [0.4, 0.5) is 4.79 Å². The summed E-state index contributed by atoms with van der Waals surface area (Å²) in [5.74, 6) is -1.20. The Morgan fingerprint density at radius 2 is 2.11 bits per heavy atom. The Morgan fingerprint density at radius 3 is 2.83 bits per heavy atom. The first kappa shape index (κ1) is 24.8. The lowest BCUT2D eigenvalue weighted by Gasteiger charge is -2.33. The van der Waals surface area contributed by atoms with Crippen molar-refractivity contribution < 1.29 is 23.9 Å². The van der Waals surface area contributed by atoms with Gasteiger partial charge in [-0.05, 0) is 37.5 Å². The van der Waals surface area contributed by atoms with Gasteiger partial charge in [-0.15, -0.1) is 6.58 Å². The van der Waals surface area contributed by atoms with Gasteiger partial charge in [0.2, 0.25) is 5.91 Å². The Bertz CT molecular complexity index is 1090. The standard InChI is InChI=1S/C25H29ClN4O5/c1-3-10-30-19-14-29(15-20(31)28-11-6-8-17(13-28)24(33)35-4-2)23(32)21(19)22(27-25(30)34)16-7-5-9-18(26)12-16/h3,5,7,9,12,17,22H,1,4,6,8,10-11,13-15H2,2H3,(H,27,34)/t17-,22-/m1/s1. The van der Waals surface area contributed by atoms with Crippen LogP contribution in [0, 0.1) is 5.92 Å². The summed E-state index contributed by atoms with van der Waals surface area (Å²) in [6.07, 6.45) is 2.96. The minimum atomic E-state index is -0.673. The first-order chi connectivity index (χ1) is 16.8. The van der Waals surface area contributed by atoms with Crippen molar-refractivity contribution in [2.75, 3.05) is 39.3 Å². The number of urea groups is 1. The molecule has 3 aliphatic heterocycles. The number of amides is 4. The van der Waals surface area contributed by atoms with Crippen LogP contribution in [0.3, 0.4) is 0 Å². The summed E-state index contributed by atoms with van der Waals surface area (Å²) in [6, 6.07) is 5.98. The lowest BCUT2D eigenvalue weighted by Crippen LogP contribution is -2.47. The number of benzene rings is 1. The summed E-state index contributed by atoms with van der Waals surface area (Å²) >= 11 is 6.16. The molecule has 1 aromatic rings. The van der Waals surface area contributed by atoms with Crippen LogP contribution in [0.15, 0.2) is 48.2 Å².